The molecule has 0 saturated carbocycles. The highest BCUT2D eigenvalue weighted by Crippen LogP contribution is 2.22. The SMILES string of the molecule is COc1ccc2c(c[c]n2Cc2ccc(F)cc2)c1. The zero-order chi connectivity index (χ0) is 13.2. The van der Waals surface area contributed by atoms with Gasteiger partial charge in [0.1, 0.15) is 11.6 Å². The molecule has 0 atom stereocenters. The maximum Gasteiger partial charge on any atom is 0.123 e. The van der Waals surface area contributed by atoms with Gasteiger partial charge in [-0.1, -0.05) is 12.1 Å². The minimum absolute atomic E-state index is 0.213. The molecule has 1 heterocycles. The standard InChI is InChI=1S/C16H13FNO/c1-19-15-6-7-16-13(10-15)8-9-18(16)11-12-2-4-14(17)5-3-12/h2-8,10H,11H2,1H3. The van der Waals surface area contributed by atoms with E-state index in [9.17, 15) is 4.39 Å². The molecule has 0 aliphatic rings. The summed E-state index contributed by atoms with van der Waals surface area (Å²) >= 11 is 0. The van der Waals surface area contributed by atoms with E-state index in [1.807, 2.05) is 28.8 Å². The van der Waals surface area contributed by atoms with Gasteiger partial charge in [-0.25, -0.2) is 4.39 Å². The first kappa shape index (κ1) is 11.8. The lowest BCUT2D eigenvalue weighted by Crippen LogP contribution is -1.98. The molecule has 0 aliphatic heterocycles. The molecule has 0 aliphatic carbocycles. The smallest absolute Gasteiger partial charge is 0.123 e. The summed E-state index contributed by atoms with van der Waals surface area (Å²) in [5.41, 5.74) is 2.14. The second-order valence-electron chi connectivity index (χ2n) is 4.41. The summed E-state index contributed by atoms with van der Waals surface area (Å²) in [4.78, 5) is 0. The molecular weight excluding hydrogens is 241 g/mol. The third-order valence-corrected chi connectivity index (χ3v) is 3.16. The van der Waals surface area contributed by atoms with Crippen LogP contribution in [0.5, 0.6) is 5.75 Å². The molecule has 0 unspecified atom stereocenters. The van der Waals surface area contributed by atoms with Crippen LogP contribution >= 0.6 is 0 Å². The lowest BCUT2D eigenvalue weighted by molar-refractivity contribution is 0.415. The van der Waals surface area contributed by atoms with Crippen molar-refractivity contribution in [1.29, 1.82) is 0 Å². The Balaban J connectivity index is 1.95. The largest absolute Gasteiger partial charge is 0.497 e. The second-order valence-corrected chi connectivity index (χ2v) is 4.41. The number of rotatable bonds is 3. The number of aromatic nitrogens is 1. The van der Waals surface area contributed by atoms with Gasteiger partial charge in [-0.3, -0.25) is 0 Å². The van der Waals surface area contributed by atoms with Crippen LogP contribution < -0.4 is 4.74 Å². The van der Waals surface area contributed by atoms with E-state index in [1.165, 1.54) is 12.1 Å². The molecule has 0 fully saturated rings. The van der Waals surface area contributed by atoms with Crippen LogP contribution in [0.15, 0.2) is 48.5 Å². The molecule has 0 spiro atoms. The molecule has 0 amide bonds. The van der Waals surface area contributed by atoms with Crippen molar-refractivity contribution in [2.75, 3.05) is 7.11 Å². The van der Waals surface area contributed by atoms with Crippen molar-refractivity contribution in [1.82, 2.24) is 4.57 Å². The fraction of sp³-hybridized carbons (Fsp3) is 0.125. The summed E-state index contributed by atoms with van der Waals surface area (Å²) in [5.74, 6) is 0.621. The fourth-order valence-corrected chi connectivity index (χ4v) is 2.14. The highest BCUT2D eigenvalue weighted by Gasteiger charge is 2.04. The third kappa shape index (κ3) is 2.32. The van der Waals surface area contributed by atoms with E-state index in [4.69, 9.17) is 4.74 Å². The number of ether oxygens (including phenoxy) is 1. The summed E-state index contributed by atoms with van der Waals surface area (Å²) in [6.45, 7) is 0.677. The molecule has 2 aromatic carbocycles. The predicted molar refractivity (Wildman–Crippen MR) is 72.8 cm³/mol. The van der Waals surface area contributed by atoms with Crippen molar-refractivity contribution in [3.05, 3.63) is 66.1 Å². The normalized spacial score (nSPS) is 10.8. The lowest BCUT2D eigenvalue weighted by Gasteiger charge is -2.06. The number of hydrogen-bond donors (Lipinski definition) is 0. The summed E-state index contributed by atoms with van der Waals surface area (Å²) in [7, 11) is 1.65. The van der Waals surface area contributed by atoms with Crippen molar-refractivity contribution >= 4 is 10.9 Å². The Morgan fingerprint density at radius 1 is 1.16 bits per heavy atom. The van der Waals surface area contributed by atoms with Crippen LogP contribution in [-0.4, -0.2) is 11.7 Å². The third-order valence-electron chi connectivity index (χ3n) is 3.16. The first-order valence-electron chi connectivity index (χ1n) is 6.06. The van der Waals surface area contributed by atoms with Crippen LogP contribution in [0.4, 0.5) is 4.39 Å². The Morgan fingerprint density at radius 2 is 1.95 bits per heavy atom. The summed E-state index contributed by atoms with van der Waals surface area (Å²) in [6.07, 6.45) is 3.20. The minimum Gasteiger partial charge on any atom is -0.497 e. The van der Waals surface area contributed by atoms with Gasteiger partial charge in [0.25, 0.3) is 0 Å². The topological polar surface area (TPSA) is 14.2 Å². The highest BCUT2D eigenvalue weighted by atomic mass is 19.1. The Labute approximate surface area is 111 Å². The number of methoxy groups -OCH3 is 1. The number of fused-ring (bicyclic) bond motifs is 1. The minimum atomic E-state index is -0.213. The zero-order valence-corrected chi connectivity index (χ0v) is 10.6. The van der Waals surface area contributed by atoms with E-state index in [0.29, 0.717) is 6.54 Å². The molecular formula is C16H13FNO. The molecule has 0 bridgehead atoms. The molecule has 3 rings (SSSR count). The van der Waals surface area contributed by atoms with Crippen LogP contribution in [-0.2, 0) is 6.54 Å². The van der Waals surface area contributed by atoms with E-state index in [-0.39, 0.29) is 5.82 Å². The average molecular weight is 254 g/mol. The molecule has 2 nitrogen and oxygen atoms in total. The Bertz CT molecular complexity index is 700. The van der Waals surface area contributed by atoms with Gasteiger partial charge in [0.05, 0.1) is 13.3 Å². The molecule has 3 heteroatoms. The first-order valence-corrected chi connectivity index (χ1v) is 6.06. The maximum absolute atomic E-state index is 12.9. The molecule has 19 heavy (non-hydrogen) atoms. The molecule has 1 radical (unpaired) electrons. The van der Waals surface area contributed by atoms with E-state index in [1.54, 1.807) is 19.2 Å². The number of hydrogen-bond acceptors (Lipinski definition) is 1. The Morgan fingerprint density at radius 3 is 2.68 bits per heavy atom. The second kappa shape index (κ2) is 4.76. The van der Waals surface area contributed by atoms with Gasteiger partial charge in [0.15, 0.2) is 0 Å². The highest BCUT2D eigenvalue weighted by molar-refractivity contribution is 5.81. The van der Waals surface area contributed by atoms with E-state index >= 15 is 0 Å². The molecule has 1 aromatic heterocycles. The quantitative estimate of drug-likeness (QED) is 0.696. The predicted octanol–water partition coefficient (Wildman–Crippen LogP) is 3.64. The van der Waals surface area contributed by atoms with Gasteiger partial charge in [0, 0.05) is 17.4 Å². The molecule has 95 valence electrons. The monoisotopic (exact) mass is 254 g/mol. The summed E-state index contributed by atoms with van der Waals surface area (Å²) < 4.78 is 20.1. The van der Waals surface area contributed by atoms with Crippen molar-refractivity contribution in [3.8, 4) is 5.75 Å². The van der Waals surface area contributed by atoms with Crippen LogP contribution in [0.2, 0.25) is 0 Å². The van der Waals surface area contributed by atoms with E-state index in [0.717, 1.165) is 22.2 Å². The lowest BCUT2D eigenvalue weighted by atomic mass is 10.2. The van der Waals surface area contributed by atoms with Crippen LogP contribution in [0.1, 0.15) is 5.56 Å². The Hall–Kier alpha value is -2.29. The van der Waals surface area contributed by atoms with Crippen molar-refractivity contribution < 1.29 is 9.13 Å². The summed E-state index contributed by atoms with van der Waals surface area (Å²) in [5, 5.41) is 1.08. The maximum atomic E-state index is 12.9. The van der Waals surface area contributed by atoms with Crippen molar-refractivity contribution in [3.63, 3.8) is 0 Å². The fourth-order valence-electron chi connectivity index (χ4n) is 2.14. The van der Waals surface area contributed by atoms with Crippen LogP contribution in [0.25, 0.3) is 10.9 Å². The van der Waals surface area contributed by atoms with Gasteiger partial charge in [-0.2, -0.15) is 0 Å². The number of halogens is 1. The van der Waals surface area contributed by atoms with E-state index in [2.05, 4.69) is 6.20 Å². The van der Waals surface area contributed by atoms with Crippen molar-refractivity contribution in [2.45, 2.75) is 6.54 Å². The van der Waals surface area contributed by atoms with Crippen LogP contribution in [0.3, 0.4) is 0 Å². The number of benzene rings is 2. The summed E-state index contributed by atoms with van der Waals surface area (Å²) in [6, 6.07) is 14.4. The first-order chi connectivity index (χ1) is 9.26. The zero-order valence-electron chi connectivity index (χ0n) is 10.6. The van der Waals surface area contributed by atoms with Gasteiger partial charge in [-0.15, -0.1) is 0 Å². The molecule has 3 aromatic rings. The van der Waals surface area contributed by atoms with Gasteiger partial charge in [-0.05, 0) is 42.0 Å². The van der Waals surface area contributed by atoms with Crippen molar-refractivity contribution in [2.24, 2.45) is 0 Å². The molecule has 0 N–H and O–H groups in total. The number of nitrogens with zero attached hydrogens (tertiary/aromatic N) is 1. The van der Waals surface area contributed by atoms with Crippen LogP contribution in [0, 0.1) is 12.0 Å². The van der Waals surface area contributed by atoms with E-state index < -0.39 is 0 Å². The average Bonchev–Trinajstić information content (AvgIpc) is 2.83. The van der Waals surface area contributed by atoms with Gasteiger partial charge >= 0.3 is 0 Å². The Kier molecular flexibility index (Phi) is 2.95. The molecule has 0 saturated heterocycles. The van der Waals surface area contributed by atoms with Gasteiger partial charge < -0.3 is 9.30 Å². The van der Waals surface area contributed by atoms with Gasteiger partial charge in [0.2, 0.25) is 0 Å².